The highest BCUT2D eigenvalue weighted by atomic mass is 16.5. The number of aromatic amines is 1. The van der Waals surface area contributed by atoms with Gasteiger partial charge in [-0.2, -0.15) is 5.10 Å². The van der Waals surface area contributed by atoms with Crippen LogP contribution < -0.4 is 5.32 Å². The van der Waals surface area contributed by atoms with E-state index in [4.69, 9.17) is 4.74 Å². The molecule has 3 amide bonds. The fraction of sp³-hybridized carbons (Fsp3) is 0.680. The molecule has 5 heterocycles. The number of aromatic nitrogens is 4. The van der Waals surface area contributed by atoms with Crippen molar-refractivity contribution < 1.29 is 14.3 Å². The van der Waals surface area contributed by atoms with Crippen molar-refractivity contribution in [2.45, 2.75) is 59.2 Å². The van der Waals surface area contributed by atoms with E-state index in [1.54, 1.807) is 17.1 Å². The molecular formula is C25H40N8O3. The van der Waals surface area contributed by atoms with Crippen LogP contribution in [0.15, 0.2) is 12.5 Å². The SMILES string of the molecule is C.C[C@H]1CN(CC2CCOCC2)CCN1C(=O)N1Cc2c(NC(=O)c3cn(C)cn3)n[nH]c2C1(C)C. The summed E-state index contributed by atoms with van der Waals surface area (Å²) >= 11 is 0. The van der Waals surface area contributed by atoms with Crippen LogP contribution in [0.4, 0.5) is 10.6 Å². The van der Waals surface area contributed by atoms with Gasteiger partial charge in [0.2, 0.25) is 0 Å². The number of nitrogens with one attached hydrogen (secondary N) is 2. The van der Waals surface area contributed by atoms with E-state index in [1.165, 1.54) is 0 Å². The van der Waals surface area contributed by atoms with Gasteiger partial charge in [0.1, 0.15) is 5.69 Å². The van der Waals surface area contributed by atoms with Gasteiger partial charge in [0, 0.05) is 64.2 Å². The topological polar surface area (TPSA) is 112 Å². The monoisotopic (exact) mass is 500 g/mol. The fourth-order valence-electron chi connectivity index (χ4n) is 5.56. The van der Waals surface area contributed by atoms with E-state index in [0.29, 0.717) is 30.5 Å². The van der Waals surface area contributed by atoms with Crippen molar-refractivity contribution in [2.75, 3.05) is 44.7 Å². The summed E-state index contributed by atoms with van der Waals surface area (Å²) in [5, 5.41) is 10.3. The smallest absolute Gasteiger partial charge is 0.321 e. The first-order valence-corrected chi connectivity index (χ1v) is 12.5. The number of H-pyrrole nitrogens is 1. The van der Waals surface area contributed by atoms with E-state index >= 15 is 0 Å². The Labute approximate surface area is 213 Å². The molecule has 11 nitrogen and oxygen atoms in total. The van der Waals surface area contributed by atoms with E-state index in [2.05, 4.69) is 32.3 Å². The van der Waals surface area contributed by atoms with Gasteiger partial charge >= 0.3 is 6.03 Å². The molecule has 3 aliphatic heterocycles. The Hall–Kier alpha value is -2.92. The number of ether oxygens (including phenoxy) is 1. The number of imidazole rings is 1. The summed E-state index contributed by atoms with van der Waals surface area (Å²) in [7, 11) is 1.81. The van der Waals surface area contributed by atoms with Crippen LogP contribution in [0.5, 0.6) is 0 Å². The van der Waals surface area contributed by atoms with Crippen LogP contribution in [0.3, 0.4) is 0 Å². The Morgan fingerprint density at radius 3 is 2.67 bits per heavy atom. The van der Waals surface area contributed by atoms with E-state index in [-0.39, 0.29) is 25.4 Å². The van der Waals surface area contributed by atoms with Crippen LogP contribution in [-0.2, 0) is 23.9 Å². The van der Waals surface area contributed by atoms with Crippen molar-refractivity contribution in [2.24, 2.45) is 13.0 Å². The van der Waals surface area contributed by atoms with Gasteiger partial charge in [0.15, 0.2) is 5.82 Å². The van der Waals surface area contributed by atoms with Gasteiger partial charge in [-0.05, 0) is 39.5 Å². The molecule has 198 valence electrons. The van der Waals surface area contributed by atoms with Crippen LogP contribution in [0.1, 0.15) is 62.8 Å². The maximum atomic E-state index is 13.7. The van der Waals surface area contributed by atoms with Crippen LogP contribution in [0, 0.1) is 5.92 Å². The first-order chi connectivity index (χ1) is 16.7. The van der Waals surface area contributed by atoms with Gasteiger partial charge in [-0.1, -0.05) is 7.43 Å². The molecule has 1 atom stereocenters. The van der Waals surface area contributed by atoms with Gasteiger partial charge < -0.3 is 24.4 Å². The number of hydrogen-bond acceptors (Lipinski definition) is 6. The fourth-order valence-corrected chi connectivity index (χ4v) is 5.56. The van der Waals surface area contributed by atoms with E-state index in [9.17, 15) is 9.59 Å². The first-order valence-electron chi connectivity index (χ1n) is 12.5. The highest BCUT2D eigenvalue weighted by Crippen LogP contribution is 2.41. The molecule has 0 aromatic carbocycles. The Balaban J connectivity index is 0.00000304. The van der Waals surface area contributed by atoms with Crippen molar-refractivity contribution in [1.82, 2.24) is 34.4 Å². The molecule has 0 bridgehead atoms. The maximum absolute atomic E-state index is 13.7. The third kappa shape index (κ3) is 4.86. The second kappa shape index (κ2) is 10.2. The summed E-state index contributed by atoms with van der Waals surface area (Å²) < 4.78 is 7.22. The van der Waals surface area contributed by atoms with Gasteiger partial charge in [0.25, 0.3) is 5.91 Å². The Kier molecular flexibility index (Phi) is 7.42. The molecule has 11 heteroatoms. The number of aryl methyl sites for hydroxylation is 1. The van der Waals surface area contributed by atoms with E-state index < -0.39 is 5.54 Å². The van der Waals surface area contributed by atoms with Crippen molar-refractivity contribution in [3.63, 3.8) is 0 Å². The zero-order valence-electron chi connectivity index (χ0n) is 21.1. The molecule has 0 unspecified atom stereocenters. The molecule has 0 radical (unpaired) electrons. The lowest BCUT2D eigenvalue weighted by atomic mass is 9.99. The minimum atomic E-state index is -0.563. The summed E-state index contributed by atoms with van der Waals surface area (Å²) in [4.78, 5) is 36.8. The molecule has 2 saturated heterocycles. The summed E-state index contributed by atoms with van der Waals surface area (Å²) in [5.74, 6) is 0.818. The molecule has 2 aromatic rings. The molecule has 2 N–H and O–H groups in total. The number of amides is 3. The lowest BCUT2D eigenvalue weighted by Gasteiger charge is -2.44. The molecule has 0 saturated carbocycles. The standard InChI is InChI=1S/C24H36N8O3.CH4/c1-16-11-30(12-17-5-9-35-10-6-17)7-8-31(16)23(34)32-13-18-20(24(32,2)3)27-28-21(18)26-22(33)19-14-29(4)15-25-19;/h14-17H,5-13H2,1-4H3,(H2,26,27,28,33);1H4/t16-;/m0./s1. The Bertz CT molecular complexity index is 1090. The number of hydrogen-bond donors (Lipinski definition) is 2. The van der Waals surface area contributed by atoms with E-state index in [0.717, 1.165) is 56.9 Å². The average Bonchev–Trinajstić information content (AvgIpc) is 3.50. The van der Waals surface area contributed by atoms with Gasteiger partial charge in [-0.3, -0.25) is 14.8 Å². The van der Waals surface area contributed by atoms with Gasteiger partial charge in [-0.25, -0.2) is 9.78 Å². The van der Waals surface area contributed by atoms with Crippen LogP contribution in [0.2, 0.25) is 0 Å². The number of piperazine rings is 1. The normalized spacial score (nSPS) is 22.3. The zero-order valence-corrected chi connectivity index (χ0v) is 21.1. The number of carbonyl (C=O) groups excluding carboxylic acids is 2. The number of anilines is 1. The highest BCUT2D eigenvalue weighted by Gasteiger charge is 2.46. The first kappa shape index (κ1) is 26.2. The number of fused-ring (bicyclic) bond motifs is 1. The highest BCUT2D eigenvalue weighted by molar-refractivity contribution is 6.02. The number of nitrogens with zero attached hydrogens (tertiary/aromatic N) is 6. The lowest BCUT2D eigenvalue weighted by Crippen LogP contribution is -2.59. The summed E-state index contributed by atoms with van der Waals surface area (Å²) in [6, 6.07) is 0.159. The zero-order chi connectivity index (χ0) is 24.7. The largest absolute Gasteiger partial charge is 0.381 e. The number of rotatable bonds is 4. The maximum Gasteiger partial charge on any atom is 0.321 e. The Morgan fingerprint density at radius 1 is 1.25 bits per heavy atom. The quantitative estimate of drug-likeness (QED) is 0.668. The van der Waals surface area contributed by atoms with E-state index in [1.807, 2.05) is 30.7 Å². The van der Waals surface area contributed by atoms with Crippen molar-refractivity contribution in [3.05, 3.63) is 29.5 Å². The van der Waals surface area contributed by atoms with Crippen LogP contribution in [0.25, 0.3) is 0 Å². The second-order valence-corrected chi connectivity index (χ2v) is 10.6. The van der Waals surface area contributed by atoms with Crippen LogP contribution >= 0.6 is 0 Å². The predicted molar refractivity (Wildman–Crippen MR) is 137 cm³/mol. The third-order valence-corrected chi connectivity index (χ3v) is 7.68. The molecule has 2 fully saturated rings. The predicted octanol–water partition coefficient (Wildman–Crippen LogP) is 2.64. The van der Waals surface area contributed by atoms with Gasteiger partial charge in [0.05, 0.1) is 24.1 Å². The van der Waals surface area contributed by atoms with Crippen molar-refractivity contribution in [1.29, 1.82) is 0 Å². The molecule has 3 aliphatic rings. The minimum absolute atomic E-state index is 0. The molecule has 36 heavy (non-hydrogen) atoms. The number of urea groups is 1. The van der Waals surface area contributed by atoms with Crippen molar-refractivity contribution in [3.8, 4) is 0 Å². The summed E-state index contributed by atoms with van der Waals surface area (Å²) in [5.41, 5.74) is 1.46. The third-order valence-electron chi connectivity index (χ3n) is 7.68. The molecule has 2 aromatic heterocycles. The molecule has 0 aliphatic carbocycles. The second-order valence-electron chi connectivity index (χ2n) is 10.6. The molecule has 0 spiro atoms. The molecule has 5 rings (SSSR count). The molecular weight excluding hydrogens is 460 g/mol. The lowest BCUT2D eigenvalue weighted by molar-refractivity contribution is 0.0290. The Morgan fingerprint density at radius 2 is 2.00 bits per heavy atom. The van der Waals surface area contributed by atoms with Crippen LogP contribution in [-0.4, -0.2) is 91.8 Å². The summed E-state index contributed by atoms with van der Waals surface area (Å²) in [6.07, 6.45) is 5.49. The van der Waals surface area contributed by atoms with Gasteiger partial charge in [-0.15, -0.1) is 0 Å². The summed E-state index contributed by atoms with van der Waals surface area (Å²) in [6.45, 7) is 11.9. The minimum Gasteiger partial charge on any atom is -0.381 e. The average molecular weight is 501 g/mol. The number of carbonyl (C=O) groups is 2. The van der Waals surface area contributed by atoms with Crippen molar-refractivity contribution >= 4 is 17.8 Å².